The topological polar surface area (TPSA) is 120 Å². The van der Waals surface area contributed by atoms with Gasteiger partial charge in [0, 0.05) is 24.2 Å². The van der Waals surface area contributed by atoms with Gasteiger partial charge in [-0.3, -0.25) is 4.79 Å². The number of aromatic nitrogens is 2. The predicted molar refractivity (Wildman–Crippen MR) is 115 cm³/mol. The van der Waals surface area contributed by atoms with Crippen LogP contribution in [-0.4, -0.2) is 53.0 Å². The van der Waals surface area contributed by atoms with E-state index in [-0.39, 0.29) is 29.3 Å². The summed E-state index contributed by atoms with van der Waals surface area (Å²) in [5.41, 5.74) is 4.69. The van der Waals surface area contributed by atoms with Gasteiger partial charge in [0.25, 0.3) is 0 Å². The molecule has 1 heterocycles. The Morgan fingerprint density at radius 3 is 2.58 bits per heavy atom. The van der Waals surface area contributed by atoms with Gasteiger partial charge in [-0.05, 0) is 47.9 Å². The first kappa shape index (κ1) is 24.4. The van der Waals surface area contributed by atoms with Crippen LogP contribution in [0, 0.1) is 0 Å². The number of nitrogens with zero attached hydrogens (tertiary/aromatic N) is 2. The minimum absolute atomic E-state index is 0.132. The predicted octanol–water partition coefficient (Wildman–Crippen LogP) is 2.73. The fourth-order valence-corrected chi connectivity index (χ4v) is 3.52. The Kier molecular flexibility index (Phi) is 8.20. The van der Waals surface area contributed by atoms with Crippen molar-refractivity contribution in [2.45, 2.75) is 12.3 Å². The summed E-state index contributed by atoms with van der Waals surface area (Å²) >= 11 is 0.625. The zero-order valence-electron chi connectivity index (χ0n) is 17.2. The van der Waals surface area contributed by atoms with Gasteiger partial charge in [0.1, 0.15) is 30.8 Å². The van der Waals surface area contributed by atoms with Crippen LogP contribution in [-0.2, 0) is 6.18 Å². The first-order valence-electron chi connectivity index (χ1n) is 9.79. The van der Waals surface area contributed by atoms with Crippen molar-refractivity contribution in [3.8, 4) is 21.9 Å². The summed E-state index contributed by atoms with van der Waals surface area (Å²) in [5, 5.41) is 16.3. The van der Waals surface area contributed by atoms with Crippen LogP contribution in [0.5, 0.6) is 11.5 Å². The highest BCUT2D eigenvalue weighted by Gasteiger charge is 2.38. The number of nitrogens with one attached hydrogen (secondary N) is 1. The number of para-hydroxylation sites is 1. The molecule has 0 saturated heterocycles. The molecule has 0 radical (unpaired) electrons. The molecule has 2 aromatic carbocycles. The van der Waals surface area contributed by atoms with E-state index in [4.69, 9.17) is 15.2 Å². The number of aliphatic hydroxyl groups excluding tert-OH is 1. The average molecular weight is 482 g/mol. The zero-order valence-corrected chi connectivity index (χ0v) is 18.0. The van der Waals surface area contributed by atoms with Gasteiger partial charge < -0.3 is 25.6 Å². The normalized spacial score (nSPS) is 12.4. The van der Waals surface area contributed by atoms with Crippen molar-refractivity contribution >= 4 is 17.4 Å². The minimum Gasteiger partial charge on any atom is -0.492 e. The molecule has 33 heavy (non-hydrogen) atoms. The second-order valence-corrected chi connectivity index (χ2v) is 7.60. The molecular weight excluding hydrogens is 461 g/mol. The largest absolute Gasteiger partial charge is 0.492 e. The number of benzene rings is 2. The van der Waals surface area contributed by atoms with Crippen molar-refractivity contribution in [3.05, 3.63) is 59.8 Å². The molecule has 1 aromatic heterocycles. The summed E-state index contributed by atoms with van der Waals surface area (Å²) in [5.74, 6) is 0.237. The Morgan fingerprint density at radius 1 is 1.15 bits per heavy atom. The molecule has 176 valence electrons. The standard InChI is InChI=1S/C21H21F3N4O4S/c22-21(23,24)19-18(33-28-27-19)16-3-1-2-4-17(16)32-12-14(29)11-26-9-10-31-15-7-5-13(6-8-15)20(25)30/h1-8,14,26,29H,9-12H2,(H2,25,30). The highest BCUT2D eigenvalue weighted by molar-refractivity contribution is 7.09. The first-order valence-corrected chi connectivity index (χ1v) is 10.6. The zero-order chi connectivity index (χ0) is 23.8. The number of alkyl halides is 3. The summed E-state index contributed by atoms with van der Waals surface area (Å²) in [6, 6.07) is 12.6. The maximum Gasteiger partial charge on any atom is 0.436 e. The fourth-order valence-electron chi connectivity index (χ4n) is 2.80. The maximum atomic E-state index is 13.2. The van der Waals surface area contributed by atoms with Crippen LogP contribution >= 0.6 is 11.5 Å². The molecule has 0 aliphatic heterocycles. The van der Waals surface area contributed by atoms with E-state index in [1.54, 1.807) is 36.4 Å². The van der Waals surface area contributed by atoms with Gasteiger partial charge >= 0.3 is 6.18 Å². The van der Waals surface area contributed by atoms with Crippen LogP contribution in [0.15, 0.2) is 48.5 Å². The van der Waals surface area contributed by atoms with E-state index in [0.717, 1.165) is 0 Å². The number of carbonyl (C=O) groups excluding carboxylic acids is 1. The lowest BCUT2D eigenvalue weighted by atomic mass is 10.1. The number of nitrogens with two attached hydrogens (primary N) is 1. The minimum atomic E-state index is -4.63. The van der Waals surface area contributed by atoms with Crippen molar-refractivity contribution in [2.75, 3.05) is 26.3 Å². The number of rotatable bonds is 11. The number of carbonyl (C=O) groups is 1. The molecular formula is C21H21F3N4O4S. The Hall–Kier alpha value is -3.22. The third-order valence-electron chi connectivity index (χ3n) is 4.39. The van der Waals surface area contributed by atoms with Crippen LogP contribution in [0.1, 0.15) is 16.1 Å². The van der Waals surface area contributed by atoms with Crippen molar-refractivity contribution in [2.24, 2.45) is 5.73 Å². The van der Waals surface area contributed by atoms with Gasteiger partial charge in [0.15, 0.2) is 5.69 Å². The molecule has 0 fully saturated rings. The molecule has 3 rings (SSSR count). The first-order chi connectivity index (χ1) is 15.8. The number of ether oxygens (including phenoxy) is 2. The molecule has 12 heteroatoms. The van der Waals surface area contributed by atoms with Gasteiger partial charge in [-0.1, -0.05) is 16.6 Å². The lowest BCUT2D eigenvalue weighted by Gasteiger charge is -2.16. The van der Waals surface area contributed by atoms with Crippen molar-refractivity contribution in [1.82, 2.24) is 14.9 Å². The van der Waals surface area contributed by atoms with Crippen LogP contribution in [0.2, 0.25) is 0 Å². The summed E-state index contributed by atoms with van der Waals surface area (Å²) in [4.78, 5) is 10.9. The number of primary amides is 1. The summed E-state index contributed by atoms with van der Waals surface area (Å²) in [6.07, 6.45) is -5.54. The Bertz CT molecular complexity index is 1060. The van der Waals surface area contributed by atoms with E-state index >= 15 is 0 Å². The highest BCUT2D eigenvalue weighted by atomic mass is 32.1. The lowest BCUT2D eigenvalue weighted by molar-refractivity contribution is -0.140. The molecule has 3 aromatic rings. The van der Waals surface area contributed by atoms with E-state index < -0.39 is 23.9 Å². The molecule has 4 N–H and O–H groups in total. The van der Waals surface area contributed by atoms with Gasteiger partial charge in [-0.2, -0.15) is 13.2 Å². The van der Waals surface area contributed by atoms with E-state index in [2.05, 4.69) is 14.9 Å². The second kappa shape index (κ2) is 11.1. The van der Waals surface area contributed by atoms with Gasteiger partial charge in [0.2, 0.25) is 5.91 Å². The molecule has 8 nitrogen and oxygen atoms in total. The van der Waals surface area contributed by atoms with Crippen LogP contribution in [0.4, 0.5) is 13.2 Å². The average Bonchev–Trinajstić information content (AvgIpc) is 3.28. The quantitative estimate of drug-likeness (QED) is 0.360. The van der Waals surface area contributed by atoms with Gasteiger partial charge in [-0.15, -0.1) is 5.10 Å². The lowest BCUT2D eigenvalue weighted by Crippen LogP contribution is -2.33. The van der Waals surface area contributed by atoms with Gasteiger partial charge in [0.05, 0.1) is 4.88 Å². The van der Waals surface area contributed by atoms with Gasteiger partial charge in [-0.25, -0.2) is 0 Å². The summed E-state index contributed by atoms with van der Waals surface area (Å²) in [7, 11) is 0. The molecule has 1 atom stereocenters. The van der Waals surface area contributed by atoms with Crippen LogP contribution in [0.3, 0.4) is 0 Å². The molecule has 1 amide bonds. The van der Waals surface area contributed by atoms with Crippen molar-refractivity contribution in [1.29, 1.82) is 0 Å². The third kappa shape index (κ3) is 6.88. The number of aliphatic hydroxyl groups is 1. The monoisotopic (exact) mass is 482 g/mol. The van der Waals surface area contributed by atoms with Crippen molar-refractivity contribution in [3.63, 3.8) is 0 Å². The highest BCUT2D eigenvalue weighted by Crippen LogP contribution is 2.41. The van der Waals surface area contributed by atoms with E-state index in [1.807, 2.05) is 0 Å². The molecule has 0 bridgehead atoms. The van der Waals surface area contributed by atoms with Crippen LogP contribution in [0.25, 0.3) is 10.4 Å². The number of hydrogen-bond donors (Lipinski definition) is 3. The van der Waals surface area contributed by atoms with E-state index in [9.17, 15) is 23.1 Å². The van der Waals surface area contributed by atoms with E-state index in [0.29, 0.717) is 36.0 Å². The molecule has 0 saturated carbocycles. The Labute approximate surface area is 191 Å². The Balaban J connectivity index is 1.45. The van der Waals surface area contributed by atoms with Crippen molar-refractivity contribution < 1.29 is 32.5 Å². The summed E-state index contributed by atoms with van der Waals surface area (Å²) < 4.78 is 54.0. The molecule has 1 unspecified atom stereocenters. The molecule has 0 aliphatic rings. The maximum absolute atomic E-state index is 13.2. The smallest absolute Gasteiger partial charge is 0.436 e. The number of halogens is 3. The Morgan fingerprint density at radius 2 is 1.88 bits per heavy atom. The summed E-state index contributed by atoms with van der Waals surface area (Å²) in [6.45, 7) is 0.784. The SMILES string of the molecule is NC(=O)c1ccc(OCCNCC(O)COc2ccccc2-c2snnc2C(F)(F)F)cc1. The second-order valence-electron chi connectivity index (χ2n) is 6.85. The number of amides is 1. The number of hydrogen-bond acceptors (Lipinski definition) is 8. The molecule has 0 aliphatic carbocycles. The third-order valence-corrected chi connectivity index (χ3v) is 5.14. The fraction of sp³-hybridized carbons (Fsp3) is 0.286. The van der Waals surface area contributed by atoms with E-state index in [1.165, 1.54) is 12.1 Å². The molecule has 0 spiro atoms. The van der Waals surface area contributed by atoms with Crippen LogP contribution < -0.4 is 20.5 Å².